The summed E-state index contributed by atoms with van der Waals surface area (Å²) in [6.45, 7) is 5.86. The summed E-state index contributed by atoms with van der Waals surface area (Å²) in [5.74, 6) is 0. The highest BCUT2D eigenvalue weighted by Gasteiger charge is 2.31. The highest BCUT2D eigenvalue weighted by molar-refractivity contribution is 5.34. The number of alkyl halides is 3. The van der Waals surface area contributed by atoms with Gasteiger partial charge in [0.1, 0.15) is 0 Å². The molecule has 0 unspecified atom stereocenters. The van der Waals surface area contributed by atoms with E-state index in [1.165, 1.54) is 12.2 Å². The summed E-state index contributed by atoms with van der Waals surface area (Å²) >= 11 is 0. The second kappa shape index (κ2) is 6.49. The van der Waals surface area contributed by atoms with Crippen molar-refractivity contribution in [1.29, 1.82) is 0 Å². The highest BCUT2D eigenvalue weighted by Crippen LogP contribution is 2.29. The Morgan fingerprint density at radius 1 is 1.27 bits per heavy atom. The first-order valence-electron chi connectivity index (χ1n) is 5.17. The van der Waals surface area contributed by atoms with E-state index in [0.29, 0.717) is 12.8 Å². The van der Waals surface area contributed by atoms with Gasteiger partial charge in [-0.3, -0.25) is 0 Å². The zero-order valence-electron chi connectivity index (χ0n) is 9.36. The number of hydrogen-bond acceptors (Lipinski definition) is 0. The summed E-state index contributed by atoms with van der Waals surface area (Å²) in [5.41, 5.74) is 0.260. The Morgan fingerprint density at radius 3 is 2.33 bits per heavy atom. The largest absolute Gasteiger partial charge is 0.416 e. The molecule has 0 nitrogen and oxygen atoms in total. The van der Waals surface area contributed by atoms with Gasteiger partial charge in [-0.2, -0.15) is 13.2 Å². The summed E-state index contributed by atoms with van der Waals surface area (Å²) in [7, 11) is 0. The molecule has 0 aromatic carbocycles. The smallest absolute Gasteiger partial charge is 0.166 e. The average molecular weight is 218 g/mol. The molecular weight excluding hydrogens is 201 g/mol. The fraction of sp³-hybridized carbons (Fsp3) is 0.500. The number of halogens is 3. The first-order chi connectivity index (χ1) is 7.04. The fourth-order valence-electron chi connectivity index (χ4n) is 1.14. The molecule has 0 aromatic heterocycles. The Labute approximate surface area is 89.2 Å². The van der Waals surface area contributed by atoms with Gasteiger partial charge in [0, 0.05) is 0 Å². The van der Waals surface area contributed by atoms with Crippen LogP contribution in [0.1, 0.15) is 33.6 Å². The van der Waals surface area contributed by atoms with Gasteiger partial charge in [-0.1, -0.05) is 50.6 Å². The third-order valence-corrected chi connectivity index (χ3v) is 1.93. The van der Waals surface area contributed by atoms with Crippen LogP contribution in [0.2, 0.25) is 0 Å². The van der Waals surface area contributed by atoms with Crippen molar-refractivity contribution >= 4 is 0 Å². The van der Waals surface area contributed by atoms with Crippen LogP contribution in [-0.2, 0) is 0 Å². The molecule has 0 saturated heterocycles. The normalized spacial score (nSPS) is 15.9. The van der Waals surface area contributed by atoms with Gasteiger partial charge in [0.15, 0.2) is 0 Å². The number of allylic oxidation sites excluding steroid dienone is 6. The summed E-state index contributed by atoms with van der Waals surface area (Å²) in [5, 5.41) is 0. The topological polar surface area (TPSA) is 0 Å². The first kappa shape index (κ1) is 14.0. The summed E-state index contributed by atoms with van der Waals surface area (Å²) in [4.78, 5) is 0. The molecule has 0 spiro atoms. The summed E-state index contributed by atoms with van der Waals surface area (Å²) in [6.07, 6.45) is 2.61. The van der Waals surface area contributed by atoms with Gasteiger partial charge in [0.2, 0.25) is 0 Å². The van der Waals surface area contributed by atoms with E-state index in [0.717, 1.165) is 11.6 Å². The lowest BCUT2D eigenvalue weighted by molar-refractivity contribution is -0.0882. The Hall–Kier alpha value is -0.990. The molecule has 1 rings (SSSR count). The molecule has 0 radical (unpaired) electrons. The van der Waals surface area contributed by atoms with Gasteiger partial charge < -0.3 is 0 Å². The lowest BCUT2D eigenvalue weighted by atomic mass is 10.1. The third-order valence-electron chi connectivity index (χ3n) is 1.93. The molecule has 0 saturated carbocycles. The fourth-order valence-corrected chi connectivity index (χ4v) is 1.14. The minimum absolute atomic E-state index is 0.557. The average Bonchev–Trinajstić information content (AvgIpc) is 2.44. The SMILES string of the molecule is CC.CCC1=CC(C(F)(F)F)=CC=CC1. The molecule has 0 amide bonds. The third kappa shape index (κ3) is 4.86. The molecule has 0 fully saturated rings. The highest BCUT2D eigenvalue weighted by atomic mass is 19.4. The molecule has 86 valence electrons. The molecular formula is C12H17F3. The van der Waals surface area contributed by atoms with Gasteiger partial charge >= 0.3 is 6.18 Å². The van der Waals surface area contributed by atoms with E-state index in [4.69, 9.17) is 0 Å². The molecule has 1 aliphatic rings. The van der Waals surface area contributed by atoms with Gasteiger partial charge in [0.25, 0.3) is 0 Å². The van der Waals surface area contributed by atoms with Gasteiger partial charge in [0.05, 0.1) is 5.57 Å². The Balaban J connectivity index is 0.000000921. The van der Waals surface area contributed by atoms with Crippen LogP contribution in [-0.4, -0.2) is 6.18 Å². The van der Waals surface area contributed by atoms with Crippen molar-refractivity contribution in [2.45, 2.75) is 39.8 Å². The summed E-state index contributed by atoms with van der Waals surface area (Å²) in [6, 6.07) is 0. The van der Waals surface area contributed by atoms with Gasteiger partial charge in [-0.05, 0) is 12.8 Å². The van der Waals surface area contributed by atoms with Crippen LogP contribution in [0.3, 0.4) is 0 Å². The predicted octanol–water partition coefficient (Wildman–Crippen LogP) is 4.80. The maximum absolute atomic E-state index is 12.3. The van der Waals surface area contributed by atoms with E-state index in [1.807, 2.05) is 20.8 Å². The van der Waals surface area contributed by atoms with E-state index in [-0.39, 0.29) is 0 Å². The second-order valence-corrected chi connectivity index (χ2v) is 2.91. The van der Waals surface area contributed by atoms with E-state index in [9.17, 15) is 13.2 Å². The molecule has 0 bridgehead atoms. The molecule has 0 aliphatic heterocycles. The minimum Gasteiger partial charge on any atom is -0.166 e. The predicted molar refractivity (Wildman–Crippen MR) is 57.6 cm³/mol. The quantitative estimate of drug-likeness (QED) is 0.593. The monoisotopic (exact) mass is 218 g/mol. The Kier molecular flexibility index (Phi) is 6.06. The minimum atomic E-state index is -4.23. The molecule has 0 N–H and O–H groups in total. The van der Waals surface area contributed by atoms with Crippen molar-refractivity contribution in [2.75, 3.05) is 0 Å². The van der Waals surface area contributed by atoms with Crippen LogP contribution in [0.4, 0.5) is 13.2 Å². The molecule has 1 aliphatic carbocycles. The molecule has 0 heterocycles. The van der Waals surface area contributed by atoms with Crippen molar-refractivity contribution in [1.82, 2.24) is 0 Å². The van der Waals surface area contributed by atoms with Gasteiger partial charge in [-0.25, -0.2) is 0 Å². The van der Waals surface area contributed by atoms with E-state index in [2.05, 4.69) is 0 Å². The second-order valence-electron chi connectivity index (χ2n) is 2.91. The molecule has 0 aromatic rings. The van der Waals surface area contributed by atoms with Crippen molar-refractivity contribution in [3.05, 3.63) is 35.5 Å². The van der Waals surface area contributed by atoms with Crippen molar-refractivity contribution in [3.8, 4) is 0 Å². The van der Waals surface area contributed by atoms with E-state index in [1.54, 1.807) is 6.08 Å². The zero-order valence-corrected chi connectivity index (χ0v) is 9.36. The van der Waals surface area contributed by atoms with Crippen molar-refractivity contribution in [3.63, 3.8) is 0 Å². The first-order valence-corrected chi connectivity index (χ1v) is 5.17. The van der Waals surface area contributed by atoms with Crippen molar-refractivity contribution in [2.24, 2.45) is 0 Å². The zero-order chi connectivity index (χ0) is 11.9. The lowest BCUT2D eigenvalue weighted by Gasteiger charge is -2.07. The van der Waals surface area contributed by atoms with Crippen LogP contribution in [0.25, 0.3) is 0 Å². The number of rotatable bonds is 1. The van der Waals surface area contributed by atoms with E-state index < -0.39 is 11.7 Å². The van der Waals surface area contributed by atoms with E-state index >= 15 is 0 Å². The Morgan fingerprint density at radius 2 is 1.87 bits per heavy atom. The maximum atomic E-state index is 12.3. The standard InChI is InChI=1S/C10H11F3.C2H6/c1-2-8-5-3-4-6-9(7-8)10(11,12)13;1-2/h3-4,6-7H,2,5H2,1H3;1-2H3. The van der Waals surface area contributed by atoms with Gasteiger partial charge in [-0.15, -0.1) is 0 Å². The molecule has 0 atom stereocenters. The van der Waals surface area contributed by atoms with Crippen molar-refractivity contribution < 1.29 is 13.2 Å². The summed E-state index contributed by atoms with van der Waals surface area (Å²) < 4.78 is 36.9. The Bertz CT molecular complexity index is 267. The van der Waals surface area contributed by atoms with Crippen LogP contribution >= 0.6 is 0 Å². The number of hydrogen-bond donors (Lipinski definition) is 0. The van der Waals surface area contributed by atoms with Crippen LogP contribution < -0.4 is 0 Å². The lowest BCUT2D eigenvalue weighted by Crippen LogP contribution is -2.09. The van der Waals surface area contributed by atoms with Crippen LogP contribution in [0, 0.1) is 0 Å². The van der Waals surface area contributed by atoms with Crippen LogP contribution in [0.15, 0.2) is 35.5 Å². The molecule has 15 heavy (non-hydrogen) atoms. The molecule has 3 heteroatoms. The van der Waals surface area contributed by atoms with Crippen LogP contribution in [0.5, 0.6) is 0 Å². The maximum Gasteiger partial charge on any atom is 0.416 e.